The summed E-state index contributed by atoms with van der Waals surface area (Å²) in [5.74, 6) is 1.76. The molecule has 1 saturated carbocycles. The Morgan fingerprint density at radius 2 is 1.62 bits per heavy atom. The molecule has 2 rings (SSSR count). The third-order valence-corrected chi connectivity index (χ3v) is 5.86. The van der Waals surface area contributed by atoms with Gasteiger partial charge in [0.15, 0.2) is 0 Å². The Balaban J connectivity index is 1.81. The monoisotopic (exact) mass is 325 g/mol. The molecule has 1 atom stereocenters. The molecule has 1 unspecified atom stereocenters. The van der Waals surface area contributed by atoms with Gasteiger partial charge in [0.2, 0.25) is 0 Å². The summed E-state index contributed by atoms with van der Waals surface area (Å²) in [4.78, 5) is 0. The number of nitriles is 1. The third kappa shape index (κ3) is 5.97. The summed E-state index contributed by atoms with van der Waals surface area (Å²) in [6.45, 7) is 4.50. The van der Waals surface area contributed by atoms with Crippen LogP contribution in [-0.2, 0) is 12.8 Å². The van der Waals surface area contributed by atoms with Gasteiger partial charge in [-0.3, -0.25) is 0 Å². The van der Waals surface area contributed by atoms with Crippen molar-refractivity contribution in [1.29, 1.82) is 5.26 Å². The lowest BCUT2D eigenvalue weighted by atomic mass is 9.73. The van der Waals surface area contributed by atoms with Crippen LogP contribution in [0, 0.1) is 29.1 Å². The minimum Gasteiger partial charge on any atom is -0.198 e. The van der Waals surface area contributed by atoms with Crippen molar-refractivity contribution in [3.8, 4) is 6.07 Å². The molecule has 0 saturated heterocycles. The number of aryl methyl sites for hydroxylation is 1. The van der Waals surface area contributed by atoms with Crippen LogP contribution in [0.4, 0.5) is 0 Å². The fourth-order valence-electron chi connectivity index (χ4n) is 4.26. The molecule has 132 valence electrons. The zero-order valence-electron chi connectivity index (χ0n) is 15.8. The maximum Gasteiger partial charge on any atom is 0.0662 e. The summed E-state index contributed by atoms with van der Waals surface area (Å²) >= 11 is 0. The molecule has 1 aromatic carbocycles. The van der Waals surface area contributed by atoms with Crippen molar-refractivity contribution in [2.24, 2.45) is 17.8 Å². The molecule has 24 heavy (non-hydrogen) atoms. The van der Waals surface area contributed by atoms with E-state index in [1.165, 1.54) is 68.9 Å². The molecule has 0 N–H and O–H groups in total. The summed E-state index contributed by atoms with van der Waals surface area (Å²) < 4.78 is 0. The lowest BCUT2D eigenvalue weighted by molar-refractivity contribution is 0.221. The smallest absolute Gasteiger partial charge is 0.0662 e. The van der Waals surface area contributed by atoms with Crippen LogP contribution in [0.5, 0.6) is 0 Å². The van der Waals surface area contributed by atoms with Crippen LogP contribution in [0.3, 0.4) is 0 Å². The fraction of sp³-hybridized carbons (Fsp3) is 0.696. The van der Waals surface area contributed by atoms with E-state index in [0.29, 0.717) is 5.92 Å². The first-order valence-corrected chi connectivity index (χ1v) is 10.2. The van der Waals surface area contributed by atoms with E-state index in [9.17, 15) is 5.26 Å². The maximum atomic E-state index is 9.67. The molecule has 0 radical (unpaired) electrons. The van der Waals surface area contributed by atoms with Crippen molar-refractivity contribution < 1.29 is 0 Å². The van der Waals surface area contributed by atoms with Crippen LogP contribution in [0.25, 0.3) is 0 Å². The summed E-state index contributed by atoms with van der Waals surface area (Å²) in [6, 6.07) is 11.6. The van der Waals surface area contributed by atoms with Crippen molar-refractivity contribution in [2.45, 2.75) is 84.5 Å². The van der Waals surface area contributed by atoms with Gasteiger partial charge in [-0.25, -0.2) is 0 Å². The average molecular weight is 326 g/mol. The molecule has 0 spiro atoms. The number of hydrogen-bond acceptors (Lipinski definition) is 1. The van der Waals surface area contributed by atoms with Gasteiger partial charge in [-0.05, 0) is 48.6 Å². The Kier molecular flexibility index (Phi) is 8.37. The highest BCUT2D eigenvalue weighted by molar-refractivity contribution is 5.23. The first-order chi connectivity index (χ1) is 11.8. The summed E-state index contributed by atoms with van der Waals surface area (Å²) in [5, 5.41) is 9.67. The molecular weight excluding hydrogens is 290 g/mol. The van der Waals surface area contributed by atoms with Gasteiger partial charge in [-0.2, -0.15) is 5.26 Å². The molecule has 1 aromatic rings. The van der Waals surface area contributed by atoms with Crippen molar-refractivity contribution in [3.63, 3.8) is 0 Å². The summed E-state index contributed by atoms with van der Waals surface area (Å²) in [7, 11) is 0. The number of benzene rings is 1. The van der Waals surface area contributed by atoms with Crippen LogP contribution in [-0.4, -0.2) is 0 Å². The highest BCUT2D eigenvalue weighted by atomic mass is 14.4. The zero-order chi connectivity index (χ0) is 17.2. The fourth-order valence-corrected chi connectivity index (χ4v) is 4.26. The number of rotatable bonds is 9. The second kappa shape index (κ2) is 10.5. The Morgan fingerprint density at radius 1 is 0.958 bits per heavy atom. The standard InChI is InChI=1S/C23H35N/c1-3-5-6-8-20-13-15-22(16-14-20)23(18-24)17-21-11-9-19(7-4-2)10-12-21/h9-12,20,22-23H,3-8,13-17H2,1-2H3. The van der Waals surface area contributed by atoms with Crippen molar-refractivity contribution in [2.75, 3.05) is 0 Å². The van der Waals surface area contributed by atoms with Gasteiger partial charge in [0.05, 0.1) is 12.0 Å². The highest BCUT2D eigenvalue weighted by Gasteiger charge is 2.27. The SMILES string of the molecule is CCCCCC1CCC(C(C#N)Cc2ccc(CCC)cc2)CC1. The van der Waals surface area contributed by atoms with Crippen molar-refractivity contribution in [1.82, 2.24) is 0 Å². The van der Waals surface area contributed by atoms with Crippen molar-refractivity contribution >= 4 is 0 Å². The number of nitrogens with zero attached hydrogens (tertiary/aromatic N) is 1. The van der Waals surface area contributed by atoms with Gasteiger partial charge < -0.3 is 0 Å². The van der Waals surface area contributed by atoms with E-state index in [2.05, 4.69) is 44.2 Å². The third-order valence-electron chi connectivity index (χ3n) is 5.86. The molecule has 0 heterocycles. The van der Waals surface area contributed by atoms with Crippen LogP contribution in [0.1, 0.15) is 82.8 Å². The zero-order valence-corrected chi connectivity index (χ0v) is 15.8. The highest BCUT2D eigenvalue weighted by Crippen LogP contribution is 2.36. The molecule has 1 nitrogen and oxygen atoms in total. The lowest BCUT2D eigenvalue weighted by Gasteiger charge is -2.31. The van der Waals surface area contributed by atoms with Crippen molar-refractivity contribution in [3.05, 3.63) is 35.4 Å². The van der Waals surface area contributed by atoms with Gasteiger partial charge in [0.25, 0.3) is 0 Å². The Labute approximate surface area is 149 Å². The van der Waals surface area contributed by atoms with E-state index in [4.69, 9.17) is 0 Å². The molecule has 1 fully saturated rings. The van der Waals surface area contributed by atoms with Crippen LogP contribution < -0.4 is 0 Å². The van der Waals surface area contributed by atoms with Gasteiger partial charge in [-0.1, -0.05) is 83.1 Å². The molecule has 1 heteroatoms. The van der Waals surface area contributed by atoms with E-state index >= 15 is 0 Å². The van der Waals surface area contributed by atoms with E-state index in [-0.39, 0.29) is 5.92 Å². The lowest BCUT2D eigenvalue weighted by Crippen LogP contribution is -2.22. The first kappa shape index (κ1) is 19.0. The largest absolute Gasteiger partial charge is 0.198 e. The average Bonchev–Trinajstić information content (AvgIpc) is 2.62. The predicted molar refractivity (Wildman–Crippen MR) is 103 cm³/mol. The molecule has 1 aliphatic carbocycles. The van der Waals surface area contributed by atoms with Crippen LogP contribution in [0.2, 0.25) is 0 Å². The minimum absolute atomic E-state index is 0.207. The molecule has 0 aromatic heterocycles. The van der Waals surface area contributed by atoms with E-state index in [0.717, 1.165) is 18.8 Å². The Morgan fingerprint density at radius 3 is 2.21 bits per heavy atom. The molecular formula is C23H35N. The van der Waals surface area contributed by atoms with E-state index in [1.807, 2.05) is 0 Å². The second-order valence-electron chi connectivity index (χ2n) is 7.78. The first-order valence-electron chi connectivity index (χ1n) is 10.2. The molecule has 0 aliphatic heterocycles. The maximum absolute atomic E-state index is 9.67. The predicted octanol–water partition coefficient (Wildman–Crippen LogP) is 6.71. The van der Waals surface area contributed by atoms with Gasteiger partial charge in [-0.15, -0.1) is 0 Å². The molecule has 1 aliphatic rings. The van der Waals surface area contributed by atoms with Gasteiger partial charge in [0.1, 0.15) is 0 Å². The Bertz CT molecular complexity index is 488. The molecule has 0 amide bonds. The normalized spacial score (nSPS) is 22.0. The van der Waals surface area contributed by atoms with E-state index < -0.39 is 0 Å². The van der Waals surface area contributed by atoms with Crippen LogP contribution in [0.15, 0.2) is 24.3 Å². The summed E-state index contributed by atoms with van der Waals surface area (Å²) in [5.41, 5.74) is 2.76. The van der Waals surface area contributed by atoms with Gasteiger partial charge >= 0.3 is 0 Å². The number of hydrogen-bond donors (Lipinski definition) is 0. The topological polar surface area (TPSA) is 23.8 Å². The minimum atomic E-state index is 0.207. The molecule has 0 bridgehead atoms. The summed E-state index contributed by atoms with van der Waals surface area (Å²) in [6.07, 6.45) is 14.0. The van der Waals surface area contributed by atoms with Gasteiger partial charge in [0, 0.05) is 0 Å². The number of unbranched alkanes of at least 4 members (excludes halogenated alkanes) is 2. The Hall–Kier alpha value is -1.29. The van der Waals surface area contributed by atoms with E-state index in [1.54, 1.807) is 0 Å². The quantitative estimate of drug-likeness (QED) is 0.463. The second-order valence-corrected chi connectivity index (χ2v) is 7.78. The van der Waals surface area contributed by atoms with Crippen LogP contribution >= 0.6 is 0 Å².